The van der Waals surface area contributed by atoms with E-state index in [1.54, 1.807) is 0 Å². The van der Waals surface area contributed by atoms with Crippen molar-refractivity contribution < 1.29 is 13.2 Å². The van der Waals surface area contributed by atoms with E-state index >= 15 is 0 Å². The number of halogens is 4. The quantitative estimate of drug-likeness (QED) is 0.612. The van der Waals surface area contributed by atoms with Crippen LogP contribution >= 0.6 is 11.6 Å². The smallest absolute Gasteiger partial charge is 0.244 e. The van der Waals surface area contributed by atoms with E-state index in [-0.39, 0.29) is 0 Å². The molecule has 0 amide bonds. The average molecular weight is 207 g/mol. The van der Waals surface area contributed by atoms with Crippen LogP contribution in [0.25, 0.3) is 0 Å². The number of nitrogens with zero attached hydrogens (tertiary/aromatic N) is 2. The van der Waals surface area contributed by atoms with E-state index in [4.69, 9.17) is 16.9 Å². The molecule has 0 saturated carbocycles. The van der Waals surface area contributed by atoms with Gasteiger partial charge in [0.05, 0.1) is 11.6 Å². The van der Waals surface area contributed by atoms with Gasteiger partial charge in [0, 0.05) is 6.20 Å². The van der Waals surface area contributed by atoms with Gasteiger partial charge in [-0.3, -0.25) is 0 Å². The number of nitriles is 1. The first-order valence-electron chi connectivity index (χ1n) is 3.08. The van der Waals surface area contributed by atoms with Crippen LogP contribution in [0.3, 0.4) is 0 Å². The number of hydrogen-bond donors (Lipinski definition) is 0. The lowest BCUT2D eigenvalue weighted by Crippen LogP contribution is -2.09. The van der Waals surface area contributed by atoms with Crippen molar-refractivity contribution in [2.45, 2.75) is 6.18 Å². The molecule has 0 spiro atoms. The Morgan fingerprint density at radius 1 is 1.46 bits per heavy atom. The van der Waals surface area contributed by atoms with Crippen LogP contribution in [0, 0.1) is 11.3 Å². The Kier molecular flexibility index (Phi) is 2.43. The Balaban J connectivity index is 3.43. The molecule has 1 aromatic heterocycles. The third kappa shape index (κ3) is 1.90. The summed E-state index contributed by atoms with van der Waals surface area (Å²) in [6, 6.07) is 2.37. The maximum absolute atomic E-state index is 12.2. The zero-order valence-electron chi connectivity index (χ0n) is 6.06. The summed E-state index contributed by atoms with van der Waals surface area (Å²) >= 11 is 5.21. The number of pyridine rings is 1. The van der Waals surface area contributed by atoms with Gasteiger partial charge in [-0.2, -0.15) is 18.4 Å². The third-order valence-corrected chi connectivity index (χ3v) is 1.60. The highest BCUT2D eigenvalue weighted by Crippen LogP contribution is 2.35. The van der Waals surface area contributed by atoms with Crippen molar-refractivity contribution in [1.29, 1.82) is 5.26 Å². The van der Waals surface area contributed by atoms with Gasteiger partial charge in [-0.25, -0.2) is 4.98 Å². The van der Waals surface area contributed by atoms with Crippen molar-refractivity contribution in [3.8, 4) is 6.07 Å². The number of alkyl halides is 3. The summed E-state index contributed by atoms with van der Waals surface area (Å²) in [7, 11) is 0. The van der Waals surface area contributed by atoms with Gasteiger partial charge in [0.15, 0.2) is 0 Å². The Bertz CT molecular complexity index is 367. The molecule has 0 N–H and O–H groups in total. The first kappa shape index (κ1) is 9.81. The summed E-state index contributed by atoms with van der Waals surface area (Å²) in [5.74, 6) is 0. The summed E-state index contributed by atoms with van der Waals surface area (Å²) in [4.78, 5) is 3.25. The predicted octanol–water partition coefficient (Wildman–Crippen LogP) is 2.63. The molecule has 68 valence electrons. The molecule has 13 heavy (non-hydrogen) atoms. The van der Waals surface area contributed by atoms with Crippen LogP contribution in [0.4, 0.5) is 13.2 Å². The predicted molar refractivity (Wildman–Crippen MR) is 39.0 cm³/mol. The molecule has 0 bridgehead atoms. The van der Waals surface area contributed by atoms with Crippen LogP contribution in [-0.4, -0.2) is 4.98 Å². The summed E-state index contributed by atoms with van der Waals surface area (Å²) in [5, 5.41) is 7.67. The minimum atomic E-state index is -4.64. The number of aromatic nitrogens is 1. The second kappa shape index (κ2) is 3.23. The second-order valence-electron chi connectivity index (χ2n) is 2.13. The van der Waals surface area contributed by atoms with Crippen molar-refractivity contribution in [3.05, 3.63) is 28.5 Å². The number of rotatable bonds is 0. The summed E-state index contributed by atoms with van der Waals surface area (Å²) in [6.07, 6.45) is -3.59. The molecule has 1 heterocycles. The van der Waals surface area contributed by atoms with E-state index in [2.05, 4.69) is 4.98 Å². The van der Waals surface area contributed by atoms with Crippen LogP contribution in [0.2, 0.25) is 5.15 Å². The Morgan fingerprint density at radius 2 is 2.08 bits per heavy atom. The summed E-state index contributed by atoms with van der Waals surface area (Å²) in [5.41, 5.74) is -1.70. The highest BCUT2D eigenvalue weighted by molar-refractivity contribution is 6.30. The van der Waals surface area contributed by atoms with Gasteiger partial charge in [-0.15, -0.1) is 0 Å². The lowest BCUT2D eigenvalue weighted by molar-refractivity contribution is -0.137. The maximum Gasteiger partial charge on any atom is 0.420 e. The fraction of sp³-hybridized carbons (Fsp3) is 0.143. The van der Waals surface area contributed by atoms with Crippen LogP contribution in [0.15, 0.2) is 12.3 Å². The van der Waals surface area contributed by atoms with Gasteiger partial charge in [0.25, 0.3) is 0 Å². The van der Waals surface area contributed by atoms with Gasteiger partial charge in [0.2, 0.25) is 0 Å². The largest absolute Gasteiger partial charge is 0.420 e. The molecular weight excluding hydrogens is 205 g/mol. The molecule has 0 atom stereocenters. The Hall–Kier alpha value is -1.28. The minimum absolute atomic E-state index is 0.521. The molecule has 0 aliphatic carbocycles. The Morgan fingerprint density at radius 3 is 2.46 bits per heavy atom. The topological polar surface area (TPSA) is 36.7 Å². The van der Waals surface area contributed by atoms with Crippen molar-refractivity contribution >= 4 is 11.6 Å². The van der Waals surface area contributed by atoms with Crippen LogP contribution < -0.4 is 0 Å². The molecule has 0 radical (unpaired) electrons. The molecule has 0 aliphatic heterocycles. The molecule has 2 nitrogen and oxygen atoms in total. The zero-order valence-corrected chi connectivity index (χ0v) is 6.82. The van der Waals surface area contributed by atoms with Gasteiger partial charge < -0.3 is 0 Å². The maximum atomic E-state index is 12.2. The van der Waals surface area contributed by atoms with E-state index < -0.39 is 22.5 Å². The molecule has 0 fully saturated rings. The first-order chi connectivity index (χ1) is 5.96. The number of hydrogen-bond acceptors (Lipinski definition) is 2. The standard InChI is InChI=1S/C7H2ClF3N2/c8-6-5(7(9,10)11)4(3-12)1-2-13-6/h1-2H. The molecule has 1 rings (SSSR count). The minimum Gasteiger partial charge on any atom is -0.244 e. The van der Waals surface area contributed by atoms with Gasteiger partial charge in [0.1, 0.15) is 10.7 Å². The molecule has 0 aliphatic rings. The van der Waals surface area contributed by atoms with Gasteiger partial charge in [-0.05, 0) is 6.07 Å². The third-order valence-electron chi connectivity index (χ3n) is 1.31. The van der Waals surface area contributed by atoms with Crippen LogP contribution in [-0.2, 0) is 6.18 Å². The fourth-order valence-electron chi connectivity index (χ4n) is 0.799. The lowest BCUT2D eigenvalue weighted by atomic mass is 10.1. The monoisotopic (exact) mass is 206 g/mol. The summed E-state index contributed by atoms with van der Waals surface area (Å²) < 4.78 is 36.7. The molecule has 1 aromatic rings. The van der Waals surface area contributed by atoms with Crippen molar-refractivity contribution in [3.63, 3.8) is 0 Å². The normalized spacial score (nSPS) is 11.0. The van der Waals surface area contributed by atoms with E-state index in [1.807, 2.05) is 0 Å². The molecule has 0 aromatic carbocycles. The Labute approximate surface area is 76.6 Å². The SMILES string of the molecule is N#Cc1ccnc(Cl)c1C(F)(F)F. The van der Waals surface area contributed by atoms with E-state index in [9.17, 15) is 13.2 Å². The van der Waals surface area contributed by atoms with Gasteiger partial charge >= 0.3 is 6.18 Å². The van der Waals surface area contributed by atoms with Crippen LogP contribution in [0.1, 0.15) is 11.1 Å². The zero-order chi connectivity index (χ0) is 10.1. The molecular formula is C7H2ClF3N2. The molecule has 0 saturated heterocycles. The highest BCUT2D eigenvalue weighted by atomic mass is 35.5. The van der Waals surface area contributed by atoms with E-state index in [0.717, 1.165) is 12.3 Å². The van der Waals surface area contributed by atoms with Crippen molar-refractivity contribution in [2.75, 3.05) is 0 Å². The van der Waals surface area contributed by atoms with E-state index in [1.165, 1.54) is 6.07 Å². The fourth-order valence-corrected chi connectivity index (χ4v) is 1.06. The van der Waals surface area contributed by atoms with Crippen molar-refractivity contribution in [2.24, 2.45) is 0 Å². The molecule has 6 heteroatoms. The average Bonchev–Trinajstić information content (AvgIpc) is 2.01. The highest BCUT2D eigenvalue weighted by Gasteiger charge is 2.36. The molecule has 0 unspecified atom stereocenters. The first-order valence-corrected chi connectivity index (χ1v) is 3.46. The summed E-state index contributed by atoms with van der Waals surface area (Å²) in [6.45, 7) is 0. The second-order valence-corrected chi connectivity index (χ2v) is 2.49. The van der Waals surface area contributed by atoms with Gasteiger partial charge in [-0.1, -0.05) is 11.6 Å². The van der Waals surface area contributed by atoms with Crippen molar-refractivity contribution in [1.82, 2.24) is 4.98 Å². The lowest BCUT2D eigenvalue weighted by Gasteiger charge is -2.08. The van der Waals surface area contributed by atoms with Crippen LogP contribution in [0.5, 0.6) is 0 Å². The van der Waals surface area contributed by atoms with E-state index in [0.29, 0.717) is 0 Å².